The van der Waals surface area contributed by atoms with Gasteiger partial charge in [0, 0.05) is 68.8 Å². The van der Waals surface area contributed by atoms with E-state index in [9.17, 15) is 14.3 Å². The highest BCUT2D eigenvalue weighted by Crippen LogP contribution is 2.51. The summed E-state index contributed by atoms with van der Waals surface area (Å²) >= 11 is 0. The van der Waals surface area contributed by atoms with Crippen LogP contribution in [0.15, 0.2) is 24.5 Å². The van der Waals surface area contributed by atoms with Gasteiger partial charge < -0.3 is 19.7 Å². The van der Waals surface area contributed by atoms with Crippen molar-refractivity contribution in [2.24, 2.45) is 0 Å². The minimum Gasteiger partial charge on any atom is -0.379 e. The molecule has 0 aliphatic carbocycles. The second-order valence-corrected chi connectivity index (χ2v) is 12.8. The molecule has 2 aliphatic heterocycles. The molecule has 2 saturated heterocycles. The van der Waals surface area contributed by atoms with Gasteiger partial charge in [0.25, 0.3) is 0 Å². The highest BCUT2D eigenvalue weighted by atomic mass is 31.2. The number of nitrogens with zero attached hydrogens (tertiary/aromatic N) is 6. The first-order chi connectivity index (χ1) is 22.6. The third-order valence-electron chi connectivity index (χ3n) is 8.00. The van der Waals surface area contributed by atoms with E-state index in [1.165, 1.54) is 18.5 Å². The zero-order valence-corrected chi connectivity index (χ0v) is 27.4. The largest absolute Gasteiger partial charge is 0.473 e. The van der Waals surface area contributed by atoms with Gasteiger partial charge in [0.15, 0.2) is 5.82 Å². The molecule has 47 heavy (non-hydrogen) atoms. The number of phosphoric acid groups is 1. The first-order valence-corrected chi connectivity index (χ1v) is 17.2. The second-order valence-electron chi connectivity index (χ2n) is 11.5. The SMILES string of the molecule is CCNC(=O)Nc1nc2cc(-c3cnc(C(C)(CCCC#N)OP(=O)(O)OCCN4CCOCC4)nc3)c(F)cc2n1C1CCCO1. The van der Waals surface area contributed by atoms with Crippen LogP contribution in [0.2, 0.25) is 0 Å². The van der Waals surface area contributed by atoms with E-state index in [-0.39, 0.29) is 36.8 Å². The minimum atomic E-state index is -4.56. The molecule has 3 N–H and O–H groups in total. The van der Waals surface area contributed by atoms with E-state index in [1.807, 2.05) is 0 Å². The third kappa shape index (κ3) is 8.68. The Morgan fingerprint density at radius 3 is 2.72 bits per heavy atom. The van der Waals surface area contributed by atoms with Crippen LogP contribution in [-0.4, -0.2) is 88.0 Å². The van der Waals surface area contributed by atoms with E-state index in [0.717, 1.165) is 6.42 Å². The smallest absolute Gasteiger partial charge is 0.379 e. The van der Waals surface area contributed by atoms with Crippen LogP contribution in [0, 0.1) is 17.1 Å². The van der Waals surface area contributed by atoms with Gasteiger partial charge >= 0.3 is 13.9 Å². The van der Waals surface area contributed by atoms with Gasteiger partial charge in [-0.1, -0.05) is 0 Å². The summed E-state index contributed by atoms with van der Waals surface area (Å²) in [5.74, 6) is -0.270. The van der Waals surface area contributed by atoms with E-state index in [2.05, 4.69) is 36.6 Å². The number of phosphoric ester groups is 1. The Balaban J connectivity index is 1.38. The fourth-order valence-corrected chi connectivity index (χ4v) is 6.67. The Labute approximate surface area is 272 Å². The van der Waals surface area contributed by atoms with Gasteiger partial charge in [-0.25, -0.2) is 28.7 Å². The lowest BCUT2D eigenvalue weighted by atomic mass is 9.98. The van der Waals surface area contributed by atoms with Gasteiger partial charge in [-0.05, 0) is 45.6 Å². The first kappa shape index (κ1) is 34.8. The molecule has 2 fully saturated rings. The maximum absolute atomic E-state index is 15.7. The summed E-state index contributed by atoms with van der Waals surface area (Å²) in [6, 6.07) is 4.50. The predicted molar refractivity (Wildman–Crippen MR) is 169 cm³/mol. The van der Waals surface area contributed by atoms with Gasteiger partial charge in [-0.2, -0.15) is 5.26 Å². The predicted octanol–water partition coefficient (Wildman–Crippen LogP) is 4.46. The van der Waals surface area contributed by atoms with Crippen LogP contribution >= 0.6 is 7.82 Å². The molecule has 254 valence electrons. The highest BCUT2D eigenvalue weighted by molar-refractivity contribution is 7.47. The summed E-state index contributed by atoms with van der Waals surface area (Å²) in [6.07, 6.45) is 4.57. The molecule has 2 aliphatic rings. The number of nitriles is 1. The Bertz CT molecular complexity index is 1620. The number of hydrogen-bond acceptors (Lipinski definition) is 11. The fourth-order valence-electron chi connectivity index (χ4n) is 5.62. The quantitative estimate of drug-likeness (QED) is 0.161. The zero-order valence-electron chi connectivity index (χ0n) is 26.5. The molecule has 0 spiro atoms. The molecule has 3 unspecified atom stereocenters. The van der Waals surface area contributed by atoms with E-state index in [1.54, 1.807) is 24.5 Å². The number of unbranched alkanes of at least 4 members (excludes halogenated alkanes) is 1. The van der Waals surface area contributed by atoms with Gasteiger partial charge in [-0.15, -0.1) is 0 Å². The summed E-state index contributed by atoms with van der Waals surface area (Å²) in [4.78, 5) is 38.4. The second kappa shape index (κ2) is 15.6. The van der Waals surface area contributed by atoms with Crippen molar-refractivity contribution >= 4 is 30.8 Å². The number of halogens is 1. The molecule has 3 aromatic rings. The summed E-state index contributed by atoms with van der Waals surface area (Å²) in [6.45, 7) is 7.28. The van der Waals surface area contributed by atoms with Crippen molar-refractivity contribution in [3.05, 3.63) is 36.2 Å². The average Bonchev–Trinajstić information content (AvgIpc) is 3.68. The number of nitrogens with one attached hydrogen (secondary N) is 2. The number of benzene rings is 1. The van der Waals surface area contributed by atoms with Crippen LogP contribution in [-0.2, 0) is 28.7 Å². The number of rotatable bonds is 14. The Morgan fingerprint density at radius 2 is 2.04 bits per heavy atom. The van der Waals surface area contributed by atoms with E-state index >= 15 is 4.39 Å². The van der Waals surface area contributed by atoms with Crippen molar-refractivity contribution in [2.45, 2.75) is 57.8 Å². The number of fused-ring (bicyclic) bond motifs is 1. The third-order valence-corrected chi connectivity index (χ3v) is 9.14. The van der Waals surface area contributed by atoms with Crippen LogP contribution in [0.25, 0.3) is 22.2 Å². The number of hydrogen-bond donors (Lipinski definition) is 3. The number of anilines is 1. The Kier molecular flexibility index (Phi) is 11.5. The number of aromatic nitrogens is 4. The molecule has 17 heteroatoms. The molecular formula is C30H40FN8O7P. The normalized spacial score (nSPS) is 19.6. The fraction of sp³-hybridized carbons (Fsp3) is 0.567. The molecule has 2 aromatic heterocycles. The lowest BCUT2D eigenvalue weighted by Gasteiger charge is -2.30. The van der Waals surface area contributed by atoms with Crippen molar-refractivity contribution in [1.82, 2.24) is 29.7 Å². The maximum Gasteiger partial charge on any atom is 0.473 e. The highest BCUT2D eigenvalue weighted by Gasteiger charge is 2.39. The van der Waals surface area contributed by atoms with Crippen molar-refractivity contribution in [3.8, 4) is 17.2 Å². The summed E-state index contributed by atoms with van der Waals surface area (Å²) in [7, 11) is -4.56. The summed E-state index contributed by atoms with van der Waals surface area (Å²) in [5.41, 5.74) is -0.120. The van der Waals surface area contributed by atoms with Crippen LogP contribution in [0.3, 0.4) is 0 Å². The van der Waals surface area contributed by atoms with Crippen LogP contribution < -0.4 is 10.6 Å². The summed E-state index contributed by atoms with van der Waals surface area (Å²) < 4.78 is 52.5. The van der Waals surface area contributed by atoms with Crippen molar-refractivity contribution in [3.63, 3.8) is 0 Å². The number of imidazole rings is 1. The molecule has 4 heterocycles. The molecule has 5 rings (SSSR count). The number of carbonyl (C=O) groups is 1. The Hall–Kier alpha value is -3.55. The van der Waals surface area contributed by atoms with E-state index in [0.29, 0.717) is 75.4 Å². The van der Waals surface area contributed by atoms with Gasteiger partial charge in [0.05, 0.1) is 36.9 Å². The number of carbonyl (C=O) groups excluding carboxylic acids is 1. The van der Waals surface area contributed by atoms with Gasteiger partial charge in [-0.3, -0.25) is 23.8 Å². The lowest BCUT2D eigenvalue weighted by molar-refractivity contribution is 0.00673. The topological polar surface area (TPSA) is 186 Å². The Morgan fingerprint density at radius 1 is 1.28 bits per heavy atom. The standard InChI is InChI=1S/C30H40FN8O7P/c1-3-33-29(40)37-28-36-24-17-22(23(31)18-25(24)39(28)26-7-6-13-44-26)21-19-34-27(35-20-21)30(2,8-4-5-9-32)46-47(41,42)45-16-12-38-10-14-43-15-11-38/h17-20,26H,3-8,10-16H2,1-2H3,(H,41,42)(H2,33,36,37,40). The van der Waals surface area contributed by atoms with Crippen molar-refractivity contribution in [1.29, 1.82) is 5.26 Å². The first-order valence-electron chi connectivity index (χ1n) is 15.7. The maximum atomic E-state index is 15.7. The van der Waals surface area contributed by atoms with Gasteiger partial charge in [0.1, 0.15) is 17.6 Å². The van der Waals surface area contributed by atoms with Crippen LogP contribution in [0.4, 0.5) is 15.1 Å². The number of urea groups is 1. The van der Waals surface area contributed by atoms with Crippen molar-refractivity contribution < 1.29 is 37.2 Å². The molecule has 1 aromatic carbocycles. The molecule has 2 amide bonds. The van der Waals surface area contributed by atoms with E-state index in [4.69, 9.17) is 23.8 Å². The molecule has 0 bridgehead atoms. The zero-order chi connectivity index (χ0) is 33.4. The number of morpholine rings is 1. The van der Waals surface area contributed by atoms with Crippen LogP contribution in [0.5, 0.6) is 0 Å². The number of amides is 2. The average molecular weight is 675 g/mol. The lowest BCUT2D eigenvalue weighted by Crippen LogP contribution is -2.38. The van der Waals surface area contributed by atoms with Gasteiger partial charge in [0.2, 0.25) is 5.95 Å². The van der Waals surface area contributed by atoms with Crippen LogP contribution in [0.1, 0.15) is 58.0 Å². The molecular weight excluding hydrogens is 634 g/mol. The molecule has 0 saturated carbocycles. The minimum absolute atomic E-state index is 0.0350. The monoisotopic (exact) mass is 674 g/mol. The summed E-state index contributed by atoms with van der Waals surface area (Å²) in [5, 5.41) is 14.5. The number of ether oxygens (including phenoxy) is 2. The molecule has 0 radical (unpaired) electrons. The van der Waals surface area contributed by atoms with E-state index < -0.39 is 31.5 Å². The molecule has 15 nitrogen and oxygen atoms in total. The molecule has 3 atom stereocenters. The van der Waals surface area contributed by atoms with Crippen molar-refractivity contribution in [2.75, 3.05) is 57.9 Å².